The molecule has 2 N–H and O–H groups in total. The van der Waals surface area contributed by atoms with Crippen LogP contribution in [0.4, 0.5) is 10.1 Å². The van der Waals surface area contributed by atoms with Crippen molar-refractivity contribution < 1.29 is 18.9 Å². The minimum Gasteiger partial charge on any atom is -0.423 e. The lowest BCUT2D eigenvalue weighted by Crippen LogP contribution is -2.28. The third kappa shape index (κ3) is 2.55. The Bertz CT molecular complexity index is 707. The maximum atomic E-state index is 13.6. The van der Waals surface area contributed by atoms with Gasteiger partial charge in [-0.3, -0.25) is 4.79 Å². The van der Waals surface area contributed by atoms with Gasteiger partial charge in [0, 0.05) is 5.69 Å². The number of anilines is 1. The third-order valence-corrected chi connectivity index (χ3v) is 3.50. The fraction of sp³-hybridized carbons (Fsp3) is 0.133. The van der Waals surface area contributed by atoms with Crippen LogP contribution < -0.4 is 10.8 Å². The van der Waals surface area contributed by atoms with Crippen LogP contribution in [-0.4, -0.2) is 18.0 Å². The first-order valence-corrected chi connectivity index (χ1v) is 6.59. The Kier molecular flexibility index (Phi) is 3.49. The summed E-state index contributed by atoms with van der Waals surface area (Å²) in [6.45, 7) is 1.84. The van der Waals surface area contributed by atoms with E-state index in [0.29, 0.717) is 11.2 Å². The first-order chi connectivity index (χ1) is 10.1. The van der Waals surface area contributed by atoms with Gasteiger partial charge < -0.3 is 15.0 Å². The molecular weight excluding hydrogens is 272 g/mol. The van der Waals surface area contributed by atoms with Crippen LogP contribution >= 0.6 is 0 Å². The number of hydrogen-bond donors (Lipinski definition) is 2. The van der Waals surface area contributed by atoms with E-state index in [2.05, 4.69) is 5.32 Å². The molecular formula is C15H13BFNO3. The summed E-state index contributed by atoms with van der Waals surface area (Å²) in [5.74, 6) is -1.11. The number of halogens is 1. The second-order valence-electron chi connectivity index (χ2n) is 4.91. The summed E-state index contributed by atoms with van der Waals surface area (Å²) in [5, 5.41) is 12.4. The van der Waals surface area contributed by atoms with Crippen LogP contribution in [-0.2, 0) is 4.65 Å². The molecule has 6 heteroatoms. The highest BCUT2D eigenvalue weighted by molar-refractivity contribution is 6.61. The van der Waals surface area contributed by atoms with Crippen LogP contribution in [0.15, 0.2) is 42.5 Å². The lowest BCUT2D eigenvalue weighted by atomic mass is 9.79. The molecule has 0 radical (unpaired) electrons. The zero-order chi connectivity index (χ0) is 15.0. The molecule has 1 amide bonds. The van der Waals surface area contributed by atoms with Crippen molar-refractivity contribution in [3.8, 4) is 0 Å². The van der Waals surface area contributed by atoms with Gasteiger partial charge >= 0.3 is 7.12 Å². The summed E-state index contributed by atoms with van der Waals surface area (Å²) in [6.07, 6.45) is -0.189. The molecule has 1 unspecified atom stereocenters. The van der Waals surface area contributed by atoms with Crippen molar-refractivity contribution in [1.82, 2.24) is 0 Å². The van der Waals surface area contributed by atoms with Crippen molar-refractivity contribution in [2.75, 3.05) is 5.32 Å². The summed E-state index contributed by atoms with van der Waals surface area (Å²) < 4.78 is 18.8. The highest BCUT2D eigenvalue weighted by Gasteiger charge is 2.32. The van der Waals surface area contributed by atoms with E-state index in [1.54, 1.807) is 24.3 Å². The number of nitrogens with one attached hydrogen (secondary N) is 1. The van der Waals surface area contributed by atoms with E-state index in [1.165, 1.54) is 18.2 Å². The van der Waals surface area contributed by atoms with Crippen LogP contribution in [0.25, 0.3) is 0 Å². The van der Waals surface area contributed by atoms with Gasteiger partial charge in [-0.25, -0.2) is 4.39 Å². The predicted octanol–water partition coefficient (Wildman–Crippen LogP) is 1.86. The number of carbonyl (C=O) groups is 1. The molecule has 0 aromatic heterocycles. The number of fused-ring (bicyclic) bond motifs is 1. The summed E-state index contributed by atoms with van der Waals surface area (Å²) in [4.78, 5) is 12.0. The second-order valence-corrected chi connectivity index (χ2v) is 4.91. The molecule has 0 fully saturated rings. The molecule has 0 spiro atoms. The molecule has 1 aliphatic rings. The normalized spacial score (nSPS) is 16.7. The lowest BCUT2D eigenvalue weighted by Gasteiger charge is -2.08. The van der Waals surface area contributed by atoms with Gasteiger partial charge in [0.1, 0.15) is 5.82 Å². The number of benzene rings is 2. The average molecular weight is 285 g/mol. The largest absolute Gasteiger partial charge is 0.492 e. The summed E-state index contributed by atoms with van der Waals surface area (Å²) >= 11 is 0. The maximum Gasteiger partial charge on any atom is 0.492 e. The average Bonchev–Trinajstić information content (AvgIpc) is 2.74. The Hall–Kier alpha value is -2.18. The zero-order valence-electron chi connectivity index (χ0n) is 11.3. The van der Waals surface area contributed by atoms with E-state index in [4.69, 9.17) is 4.65 Å². The molecule has 106 valence electrons. The summed E-state index contributed by atoms with van der Waals surface area (Å²) in [7, 11) is -1.000. The molecule has 0 aliphatic carbocycles. The Balaban J connectivity index is 1.85. The van der Waals surface area contributed by atoms with Gasteiger partial charge in [-0.15, -0.1) is 0 Å². The number of carbonyl (C=O) groups excluding carboxylic acids is 1. The monoisotopic (exact) mass is 285 g/mol. The Morgan fingerprint density at radius 2 is 2.10 bits per heavy atom. The molecule has 2 aromatic rings. The van der Waals surface area contributed by atoms with Crippen LogP contribution in [0.3, 0.4) is 0 Å². The van der Waals surface area contributed by atoms with Gasteiger partial charge in [-0.1, -0.05) is 18.2 Å². The molecule has 0 bridgehead atoms. The summed E-state index contributed by atoms with van der Waals surface area (Å²) in [6, 6.07) is 10.9. The maximum absolute atomic E-state index is 13.6. The highest BCUT2D eigenvalue weighted by atomic mass is 19.1. The topological polar surface area (TPSA) is 58.6 Å². The van der Waals surface area contributed by atoms with Crippen LogP contribution in [0, 0.1) is 5.82 Å². The summed E-state index contributed by atoms with van der Waals surface area (Å²) in [5.41, 5.74) is 1.96. The molecule has 1 heterocycles. The molecule has 3 rings (SSSR count). The molecule has 0 saturated heterocycles. The van der Waals surface area contributed by atoms with E-state index in [1.807, 2.05) is 6.92 Å². The van der Waals surface area contributed by atoms with Crippen molar-refractivity contribution >= 4 is 24.2 Å². The van der Waals surface area contributed by atoms with Gasteiger partial charge in [-0.05, 0) is 42.2 Å². The number of rotatable bonds is 2. The number of hydrogen-bond acceptors (Lipinski definition) is 3. The van der Waals surface area contributed by atoms with Crippen molar-refractivity contribution in [2.24, 2.45) is 0 Å². The van der Waals surface area contributed by atoms with Crippen LogP contribution in [0.2, 0.25) is 0 Å². The van der Waals surface area contributed by atoms with Gasteiger partial charge in [-0.2, -0.15) is 0 Å². The quantitative estimate of drug-likeness (QED) is 0.828. The molecule has 4 nitrogen and oxygen atoms in total. The third-order valence-electron chi connectivity index (χ3n) is 3.50. The molecule has 1 aliphatic heterocycles. The first kappa shape index (κ1) is 13.8. The Morgan fingerprint density at radius 1 is 1.33 bits per heavy atom. The molecule has 21 heavy (non-hydrogen) atoms. The van der Waals surface area contributed by atoms with E-state index >= 15 is 0 Å². The predicted molar refractivity (Wildman–Crippen MR) is 77.9 cm³/mol. The first-order valence-electron chi connectivity index (χ1n) is 6.59. The molecule has 1 atom stereocenters. The lowest BCUT2D eigenvalue weighted by molar-refractivity contribution is 0.102. The van der Waals surface area contributed by atoms with E-state index in [9.17, 15) is 14.2 Å². The van der Waals surface area contributed by atoms with Gasteiger partial charge in [0.05, 0.1) is 11.7 Å². The second kappa shape index (κ2) is 5.31. The Labute approximate surface area is 121 Å². The van der Waals surface area contributed by atoms with E-state index in [0.717, 1.165) is 5.56 Å². The zero-order valence-corrected chi connectivity index (χ0v) is 11.3. The highest BCUT2D eigenvalue weighted by Crippen LogP contribution is 2.24. The number of amides is 1. The van der Waals surface area contributed by atoms with Gasteiger partial charge in [0.25, 0.3) is 5.91 Å². The van der Waals surface area contributed by atoms with Crippen LogP contribution in [0.1, 0.15) is 28.9 Å². The molecule has 0 saturated carbocycles. The van der Waals surface area contributed by atoms with E-state index < -0.39 is 18.8 Å². The fourth-order valence-electron chi connectivity index (χ4n) is 2.42. The molecule has 2 aromatic carbocycles. The fourth-order valence-corrected chi connectivity index (χ4v) is 2.42. The van der Waals surface area contributed by atoms with E-state index in [-0.39, 0.29) is 11.7 Å². The smallest absolute Gasteiger partial charge is 0.423 e. The minimum atomic E-state index is -1.000. The SMILES string of the molecule is CC1OB(O)c2cc(NC(=O)c3ccccc3F)ccc21. The standard InChI is InChI=1S/C15H13BFNO3/c1-9-11-7-6-10(8-13(11)16(20)21-9)18-15(19)12-4-2-3-5-14(12)17/h2-9,20H,1H3,(H,18,19). The Morgan fingerprint density at radius 3 is 2.86 bits per heavy atom. The van der Waals surface area contributed by atoms with Gasteiger partial charge in [0.15, 0.2) is 0 Å². The van der Waals surface area contributed by atoms with Crippen molar-refractivity contribution in [1.29, 1.82) is 0 Å². The van der Waals surface area contributed by atoms with Crippen molar-refractivity contribution in [3.63, 3.8) is 0 Å². The van der Waals surface area contributed by atoms with Gasteiger partial charge in [0.2, 0.25) is 0 Å². The van der Waals surface area contributed by atoms with Crippen molar-refractivity contribution in [3.05, 3.63) is 59.4 Å². The van der Waals surface area contributed by atoms with Crippen LogP contribution in [0.5, 0.6) is 0 Å². The minimum absolute atomic E-state index is 0.0248. The van der Waals surface area contributed by atoms with Crippen molar-refractivity contribution in [2.45, 2.75) is 13.0 Å².